The monoisotopic (exact) mass is 630 g/mol. The number of amides is 2. The lowest BCUT2D eigenvalue weighted by atomic mass is 9.85. The van der Waals surface area contributed by atoms with Crippen molar-refractivity contribution in [3.8, 4) is 11.5 Å². The molecule has 12 heteroatoms. The summed E-state index contributed by atoms with van der Waals surface area (Å²) >= 11 is 0. The van der Waals surface area contributed by atoms with Gasteiger partial charge in [0.1, 0.15) is 6.04 Å². The molecular weight excluding hydrogens is 584 g/mol. The molecule has 2 aliphatic rings. The van der Waals surface area contributed by atoms with Crippen LogP contribution in [0.15, 0.2) is 53.4 Å². The molecule has 2 aromatic rings. The van der Waals surface area contributed by atoms with Gasteiger partial charge in [0.05, 0.1) is 23.6 Å². The number of benzene rings is 2. The van der Waals surface area contributed by atoms with E-state index in [-0.39, 0.29) is 49.6 Å². The fourth-order valence-corrected chi connectivity index (χ4v) is 6.67. The third-order valence-electron chi connectivity index (χ3n) is 7.59. The Balaban J connectivity index is 1.56. The van der Waals surface area contributed by atoms with Gasteiger partial charge in [-0.15, -0.1) is 0 Å². The molecular formula is C32H46N4O7S. The smallest absolute Gasteiger partial charge is 0.243 e. The number of rotatable bonds is 15. The quantitative estimate of drug-likeness (QED) is 0.235. The second-order valence-corrected chi connectivity index (χ2v) is 15.1. The Kier molecular flexibility index (Phi) is 10.9. The van der Waals surface area contributed by atoms with E-state index in [1.165, 1.54) is 16.4 Å². The standard InChI is InChI=1S/C32H46N4O7S/c1-21(2)18-36(44(40,41)24-13-14-27-28(16-24)43-20-42-27)19-26(37)25(15-22-9-7-6-8-10-22)34-31(39)30(32(3,4)5)35-29(38)17-33-23-11-12-23/h6-10,13-14,16,21,23,25-26,30,33,37H,11-12,15,17-20H2,1-5H3,(H,34,39)(H,35,38). The van der Waals surface area contributed by atoms with Gasteiger partial charge in [-0.3, -0.25) is 9.59 Å². The highest BCUT2D eigenvalue weighted by atomic mass is 32.2. The fourth-order valence-electron chi connectivity index (χ4n) is 5.03. The predicted octanol–water partition coefficient (Wildman–Crippen LogP) is 2.43. The van der Waals surface area contributed by atoms with Gasteiger partial charge in [0, 0.05) is 25.2 Å². The minimum Gasteiger partial charge on any atom is -0.454 e. The van der Waals surface area contributed by atoms with Crippen LogP contribution in [0.4, 0.5) is 0 Å². The van der Waals surface area contributed by atoms with Crippen molar-refractivity contribution in [3.63, 3.8) is 0 Å². The molecule has 4 N–H and O–H groups in total. The molecule has 0 aromatic heterocycles. The van der Waals surface area contributed by atoms with Crippen LogP contribution in [-0.2, 0) is 26.0 Å². The van der Waals surface area contributed by atoms with E-state index >= 15 is 0 Å². The zero-order valence-corrected chi connectivity index (χ0v) is 27.0. The molecule has 2 aromatic carbocycles. The maximum atomic E-state index is 13.9. The van der Waals surface area contributed by atoms with Crippen molar-refractivity contribution < 1.29 is 32.6 Å². The highest BCUT2D eigenvalue weighted by molar-refractivity contribution is 7.89. The van der Waals surface area contributed by atoms with E-state index in [1.54, 1.807) is 6.07 Å². The van der Waals surface area contributed by atoms with Gasteiger partial charge in [-0.05, 0) is 48.3 Å². The molecule has 0 saturated heterocycles. The lowest BCUT2D eigenvalue weighted by molar-refractivity contribution is -0.132. The summed E-state index contributed by atoms with van der Waals surface area (Å²) in [6, 6.07) is 12.4. The third-order valence-corrected chi connectivity index (χ3v) is 9.42. The number of nitrogens with one attached hydrogen (secondary N) is 3. The molecule has 242 valence electrons. The van der Waals surface area contributed by atoms with E-state index in [1.807, 2.05) is 65.0 Å². The Morgan fingerprint density at radius 2 is 1.68 bits per heavy atom. The lowest BCUT2D eigenvalue weighted by Crippen LogP contribution is -2.59. The van der Waals surface area contributed by atoms with Crippen LogP contribution in [0.1, 0.15) is 53.0 Å². The van der Waals surface area contributed by atoms with Gasteiger partial charge in [0.15, 0.2) is 11.5 Å². The van der Waals surface area contributed by atoms with Crippen LogP contribution in [0, 0.1) is 11.3 Å². The van der Waals surface area contributed by atoms with Crippen LogP contribution in [0.5, 0.6) is 11.5 Å². The van der Waals surface area contributed by atoms with Crippen molar-refractivity contribution in [2.45, 2.75) is 83.0 Å². The van der Waals surface area contributed by atoms with Crippen molar-refractivity contribution in [2.24, 2.45) is 11.3 Å². The minimum atomic E-state index is -4.05. The Morgan fingerprint density at radius 3 is 2.32 bits per heavy atom. The summed E-state index contributed by atoms with van der Waals surface area (Å²) in [6.45, 7) is 9.38. The Hall–Kier alpha value is -3.19. The topological polar surface area (TPSA) is 146 Å². The molecule has 1 aliphatic heterocycles. The molecule has 0 bridgehead atoms. The number of hydrogen-bond acceptors (Lipinski definition) is 8. The average Bonchev–Trinajstić information content (AvgIpc) is 3.67. The molecule has 0 spiro atoms. The molecule has 1 aliphatic carbocycles. The number of hydrogen-bond donors (Lipinski definition) is 4. The van der Waals surface area contributed by atoms with E-state index in [9.17, 15) is 23.1 Å². The molecule has 1 heterocycles. The van der Waals surface area contributed by atoms with Crippen molar-refractivity contribution in [1.29, 1.82) is 0 Å². The predicted molar refractivity (Wildman–Crippen MR) is 167 cm³/mol. The van der Waals surface area contributed by atoms with Crippen molar-refractivity contribution >= 4 is 21.8 Å². The molecule has 0 radical (unpaired) electrons. The van der Waals surface area contributed by atoms with E-state index in [4.69, 9.17) is 9.47 Å². The molecule has 3 unspecified atom stereocenters. The van der Waals surface area contributed by atoms with Gasteiger partial charge < -0.3 is 30.5 Å². The summed E-state index contributed by atoms with van der Waals surface area (Å²) in [7, 11) is -4.05. The molecule has 3 atom stereocenters. The van der Waals surface area contributed by atoms with Crippen molar-refractivity contribution in [2.75, 3.05) is 26.4 Å². The van der Waals surface area contributed by atoms with E-state index in [2.05, 4.69) is 16.0 Å². The largest absolute Gasteiger partial charge is 0.454 e. The molecule has 2 amide bonds. The first-order valence-electron chi connectivity index (χ1n) is 15.2. The molecule has 1 saturated carbocycles. The van der Waals surface area contributed by atoms with E-state index in [0.29, 0.717) is 17.5 Å². The van der Waals surface area contributed by atoms with E-state index in [0.717, 1.165) is 18.4 Å². The molecule has 1 fully saturated rings. The number of carbonyl (C=O) groups excluding carboxylic acids is 2. The highest BCUT2D eigenvalue weighted by Gasteiger charge is 2.37. The van der Waals surface area contributed by atoms with Gasteiger partial charge in [0.25, 0.3) is 0 Å². The number of sulfonamides is 1. The molecule has 4 rings (SSSR count). The van der Waals surface area contributed by atoms with Crippen LogP contribution < -0.4 is 25.4 Å². The Labute approximate surface area is 260 Å². The number of aliphatic hydroxyl groups excluding tert-OH is 1. The summed E-state index contributed by atoms with van der Waals surface area (Å²) in [4.78, 5) is 26.5. The van der Waals surface area contributed by atoms with Crippen LogP contribution in [0.3, 0.4) is 0 Å². The van der Waals surface area contributed by atoms with Crippen LogP contribution in [0.2, 0.25) is 0 Å². The number of carbonyl (C=O) groups is 2. The Bertz CT molecular complexity index is 1390. The second kappa shape index (κ2) is 14.3. The number of fused-ring (bicyclic) bond motifs is 1. The number of nitrogens with zero attached hydrogens (tertiary/aromatic N) is 1. The summed E-state index contributed by atoms with van der Waals surface area (Å²) < 4.78 is 39.7. The van der Waals surface area contributed by atoms with Gasteiger partial charge in [0.2, 0.25) is 28.6 Å². The van der Waals surface area contributed by atoms with Gasteiger partial charge >= 0.3 is 0 Å². The lowest BCUT2D eigenvalue weighted by Gasteiger charge is -2.34. The van der Waals surface area contributed by atoms with Gasteiger partial charge in [-0.1, -0.05) is 65.0 Å². The number of aliphatic hydroxyl groups is 1. The zero-order chi connectivity index (χ0) is 32.1. The van der Waals surface area contributed by atoms with Crippen LogP contribution in [0.25, 0.3) is 0 Å². The molecule has 44 heavy (non-hydrogen) atoms. The third kappa shape index (κ3) is 9.16. The second-order valence-electron chi connectivity index (χ2n) is 13.1. The first-order chi connectivity index (χ1) is 20.7. The molecule has 11 nitrogen and oxygen atoms in total. The SMILES string of the molecule is CC(C)CN(CC(O)C(Cc1ccccc1)NC(=O)C(NC(=O)CNC1CC1)C(C)(C)C)S(=O)(=O)c1ccc2c(c1)OCO2. The van der Waals surface area contributed by atoms with Crippen LogP contribution in [-0.4, -0.2) is 80.3 Å². The fraction of sp³-hybridized carbons (Fsp3) is 0.562. The average molecular weight is 631 g/mol. The van der Waals surface area contributed by atoms with Gasteiger partial charge in [-0.2, -0.15) is 4.31 Å². The highest BCUT2D eigenvalue weighted by Crippen LogP contribution is 2.35. The van der Waals surface area contributed by atoms with E-state index < -0.39 is 39.5 Å². The summed E-state index contributed by atoms with van der Waals surface area (Å²) in [5.74, 6) is 0.0241. The first-order valence-corrected chi connectivity index (χ1v) is 16.6. The van der Waals surface area contributed by atoms with Crippen LogP contribution >= 0.6 is 0 Å². The summed E-state index contributed by atoms with van der Waals surface area (Å²) in [6.07, 6.45) is 1.05. The first kappa shape index (κ1) is 33.7. The summed E-state index contributed by atoms with van der Waals surface area (Å²) in [5.41, 5.74) is 0.226. The normalized spacial score (nSPS) is 16.9. The van der Waals surface area contributed by atoms with Gasteiger partial charge in [-0.25, -0.2) is 8.42 Å². The maximum Gasteiger partial charge on any atom is 0.243 e. The van der Waals surface area contributed by atoms with Crippen molar-refractivity contribution in [1.82, 2.24) is 20.3 Å². The number of ether oxygens (including phenoxy) is 2. The minimum absolute atomic E-state index is 0.0150. The maximum absolute atomic E-state index is 13.9. The van der Waals surface area contributed by atoms with Crippen molar-refractivity contribution in [3.05, 3.63) is 54.1 Å². The summed E-state index contributed by atoms with van der Waals surface area (Å²) in [5, 5.41) is 20.6. The zero-order valence-electron chi connectivity index (χ0n) is 26.2. The Morgan fingerprint density at radius 1 is 1.00 bits per heavy atom.